The summed E-state index contributed by atoms with van der Waals surface area (Å²) in [5.41, 5.74) is -4.13. The van der Waals surface area contributed by atoms with Gasteiger partial charge in [-0.25, -0.2) is 37.0 Å². The molecule has 4 rings (SSSR count). The van der Waals surface area contributed by atoms with Crippen LogP contribution in [-0.4, -0.2) is 119 Å². The Labute approximate surface area is 311 Å². The second-order valence-corrected chi connectivity index (χ2v) is 20.3. The number of hydrogen-bond acceptors (Lipinski definition) is 23. The molecule has 0 bridgehead atoms. The molecule has 39 heteroatoms. The highest BCUT2D eigenvalue weighted by molar-refractivity contribution is 7.74. The minimum atomic E-state index is -6.90. The molecule has 2 fully saturated rings. The van der Waals surface area contributed by atoms with Gasteiger partial charge in [-0.15, -0.1) is 0 Å². The monoisotopic (exact) mass is 950 g/mol. The predicted molar refractivity (Wildman–Crippen MR) is 171 cm³/mol. The predicted octanol–water partition coefficient (Wildman–Crippen LogP) is -3.96. The third-order valence-electron chi connectivity index (χ3n) is 6.75. The molecule has 2 aromatic heterocycles. The summed E-state index contributed by atoms with van der Waals surface area (Å²) in [7, 11) is -38.8. The molecule has 57 heavy (non-hydrogen) atoms. The summed E-state index contributed by atoms with van der Waals surface area (Å²) in [5, 5.41) is 41.3. The van der Waals surface area contributed by atoms with Gasteiger partial charge < -0.3 is 59.3 Å². The van der Waals surface area contributed by atoms with Crippen molar-refractivity contribution in [1.82, 2.24) is 19.1 Å². The summed E-state index contributed by atoms with van der Waals surface area (Å²) in [4.78, 5) is 108. The number of ether oxygens (including phenoxy) is 2. The summed E-state index contributed by atoms with van der Waals surface area (Å²) in [6.45, 7) is -2.89. The molecule has 2 aliphatic rings. The second-order valence-electron chi connectivity index (χ2n) is 10.9. The van der Waals surface area contributed by atoms with Crippen molar-refractivity contribution in [2.24, 2.45) is 0 Å². The van der Waals surface area contributed by atoms with Gasteiger partial charge in [0.2, 0.25) is 0 Å². The normalized spacial score (nSPS) is 30.8. The number of hydrogen-bond donors (Lipinski definition) is 12. The van der Waals surface area contributed by atoms with Crippen LogP contribution in [0.25, 0.3) is 0 Å². The standard InChI is InChI=1S/C18H28N4O29P6/c23-9-1-3-21(17(29)19-9)15-13(27)11(25)7(45-15)5-43-53(34,35)49-57(42,51-56(40,41)48-55(38,39)47-52(31,32)33)50-54(36,37)44-6-8-12(26)14(28)16(46-8)22-4-2-10(24)20-18(22)30/h1-4,7-8,11-16,25-28H,5-6H2,(H,34,35)(H,36,37)(H,38,39)(H,40,41)(H,19,23,29)(H,20,24,30)(H2,31,32,33)/t7-,8-,11-,12-,13-,14-,15-,16-/m1/s1. The van der Waals surface area contributed by atoms with Gasteiger partial charge in [0.25, 0.3) is 11.1 Å². The molecule has 0 amide bonds. The first-order valence-corrected chi connectivity index (χ1v) is 23.4. The lowest BCUT2D eigenvalue weighted by Gasteiger charge is -2.24. The van der Waals surface area contributed by atoms with Gasteiger partial charge in [-0.3, -0.25) is 37.7 Å². The van der Waals surface area contributed by atoms with Gasteiger partial charge >= 0.3 is 58.3 Å². The lowest BCUT2D eigenvalue weighted by molar-refractivity contribution is -0.0549. The van der Waals surface area contributed by atoms with E-state index in [1.54, 1.807) is 9.97 Å². The van der Waals surface area contributed by atoms with Crippen LogP contribution in [0.2, 0.25) is 0 Å². The van der Waals surface area contributed by atoms with Gasteiger partial charge in [0, 0.05) is 24.5 Å². The fourth-order valence-corrected chi connectivity index (χ4v) is 12.7. The summed E-state index contributed by atoms with van der Waals surface area (Å²) < 4.78 is 113. The molecule has 2 aliphatic heterocycles. The molecule has 2 saturated heterocycles. The van der Waals surface area contributed by atoms with Crippen molar-refractivity contribution in [2.75, 3.05) is 13.2 Å². The van der Waals surface area contributed by atoms with E-state index < -0.39 is 132 Å². The zero-order chi connectivity index (χ0) is 43.1. The van der Waals surface area contributed by atoms with Crippen molar-refractivity contribution in [1.29, 1.82) is 0 Å². The third kappa shape index (κ3) is 13.0. The Kier molecular flexibility index (Phi) is 14.7. The van der Waals surface area contributed by atoms with Gasteiger partial charge in [-0.05, 0) is 0 Å². The Morgan fingerprint density at radius 3 is 1.25 bits per heavy atom. The summed E-state index contributed by atoms with van der Waals surface area (Å²) in [6, 6.07) is 1.59. The first-order valence-electron chi connectivity index (χ1n) is 14.4. The largest absolute Gasteiger partial charge is 0.501 e. The average Bonchev–Trinajstić information content (AvgIpc) is 3.45. The number of H-pyrrole nitrogens is 2. The highest BCUT2D eigenvalue weighted by Crippen LogP contribution is 2.78. The molecule has 33 nitrogen and oxygen atoms in total. The average molecular weight is 950 g/mol. The molecular formula is C18H28N4O29P6. The first kappa shape index (κ1) is 47.7. The van der Waals surface area contributed by atoms with Crippen LogP contribution in [0.3, 0.4) is 0 Å². The number of aliphatic hydroxyl groups excluding tert-OH is 4. The van der Waals surface area contributed by atoms with E-state index in [0.717, 1.165) is 24.5 Å². The minimum absolute atomic E-state index is 0.549. The van der Waals surface area contributed by atoms with Gasteiger partial charge in [-0.2, -0.15) is 21.6 Å². The fraction of sp³-hybridized carbons (Fsp3) is 0.556. The van der Waals surface area contributed by atoms with E-state index >= 15 is 0 Å². The number of aliphatic hydroxyl groups is 4. The maximum Gasteiger partial charge on any atom is 0.501 e. The minimum Gasteiger partial charge on any atom is -0.387 e. The molecule has 4 heterocycles. The second kappa shape index (κ2) is 17.5. The van der Waals surface area contributed by atoms with Crippen LogP contribution in [0.1, 0.15) is 12.5 Å². The molecule has 2 aromatic rings. The third-order valence-corrected chi connectivity index (χ3v) is 15.9. The van der Waals surface area contributed by atoms with Crippen molar-refractivity contribution in [3.63, 3.8) is 0 Å². The SMILES string of the molecule is O=c1ccn([C@@H]2O[C@H](COP(=O)(O)OP(=O)(OP(=O)(O)OC[C@H]3O[C@@H](n4ccc(=O)[nH]c4=O)[C@H](O)[C@@H]3O)OP(=O)(O)OP(=O)(O)OP(=O)(O)O)[C@@H](O)[C@H]2O)c(=O)[nH]1. The van der Waals surface area contributed by atoms with Crippen molar-refractivity contribution < 1.29 is 117 Å². The van der Waals surface area contributed by atoms with Crippen LogP contribution in [-0.2, 0) is 67.5 Å². The Balaban J connectivity index is 1.53. The number of phosphoric acid groups is 6. The first-order chi connectivity index (χ1) is 25.9. The zero-order valence-electron chi connectivity index (χ0n) is 27.1. The van der Waals surface area contributed by atoms with Crippen LogP contribution in [0.15, 0.2) is 43.7 Å². The molecule has 12 N–H and O–H groups in total. The van der Waals surface area contributed by atoms with Crippen molar-refractivity contribution >= 4 is 46.9 Å². The number of nitrogens with zero attached hydrogens (tertiary/aromatic N) is 2. The van der Waals surface area contributed by atoms with Crippen molar-refractivity contribution in [3.05, 3.63) is 66.2 Å². The highest BCUT2D eigenvalue weighted by atomic mass is 31.3. The molecule has 0 spiro atoms. The Hall–Kier alpha value is -2.02. The van der Waals surface area contributed by atoms with E-state index in [-0.39, 0.29) is 0 Å². The number of rotatable bonds is 18. The van der Waals surface area contributed by atoms with Crippen LogP contribution >= 0.6 is 46.9 Å². The zero-order valence-corrected chi connectivity index (χ0v) is 32.5. The van der Waals surface area contributed by atoms with Gasteiger partial charge in [0.1, 0.15) is 36.6 Å². The lowest BCUT2D eigenvalue weighted by atomic mass is 10.1. The molecule has 0 radical (unpaired) electrons. The molecular weight excluding hydrogens is 922 g/mol. The fourth-order valence-electron chi connectivity index (χ4n) is 4.55. The van der Waals surface area contributed by atoms with Crippen molar-refractivity contribution in [3.8, 4) is 0 Å². The smallest absolute Gasteiger partial charge is 0.387 e. The molecule has 12 atom stereocenters. The van der Waals surface area contributed by atoms with Gasteiger partial charge in [0.05, 0.1) is 13.2 Å². The van der Waals surface area contributed by atoms with Gasteiger partial charge in [-0.1, -0.05) is 0 Å². The van der Waals surface area contributed by atoms with E-state index in [1.165, 1.54) is 0 Å². The Bertz CT molecular complexity index is 2210. The van der Waals surface area contributed by atoms with E-state index in [1.807, 2.05) is 0 Å². The molecule has 0 saturated carbocycles. The topological polar surface area (TPSA) is 498 Å². The summed E-state index contributed by atoms with van der Waals surface area (Å²) in [5.74, 6) is 0. The summed E-state index contributed by atoms with van der Waals surface area (Å²) >= 11 is 0. The van der Waals surface area contributed by atoms with Crippen molar-refractivity contribution in [2.45, 2.75) is 49.1 Å². The molecule has 0 aliphatic carbocycles. The molecule has 324 valence electrons. The molecule has 0 aromatic carbocycles. The lowest BCUT2D eigenvalue weighted by Crippen LogP contribution is -2.37. The van der Waals surface area contributed by atoms with Gasteiger partial charge in [0.15, 0.2) is 12.5 Å². The number of aromatic nitrogens is 4. The Morgan fingerprint density at radius 1 is 0.544 bits per heavy atom. The molecule has 4 unspecified atom stereocenters. The van der Waals surface area contributed by atoms with E-state index in [4.69, 9.17) is 19.3 Å². The van der Waals surface area contributed by atoms with Crippen LogP contribution < -0.4 is 22.5 Å². The highest BCUT2D eigenvalue weighted by Gasteiger charge is 2.54. The van der Waals surface area contributed by atoms with E-state index in [0.29, 0.717) is 9.13 Å². The number of aromatic amines is 2. The van der Waals surface area contributed by atoms with E-state index in [2.05, 4.69) is 30.6 Å². The summed E-state index contributed by atoms with van der Waals surface area (Å²) in [6.07, 6.45) is -14.2. The Morgan fingerprint density at radius 2 is 0.895 bits per heavy atom. The van der Waals surface area contributed by atoms with E-state index in [9.17, 15) is 86.6 Å². The quantitative estimate of drug-likeness (QED) is 0.0634. The maximum absolute atomic E-state index is 13.4. The number of nitrogens with one attached hydrogen (secondary N) is 2. The van der Waals surface area contributed by atoms with Crippen LogP contribution in [0.5, 0.6) is 0 Å². The number of phosphoric ester groups is 2. The maximum atomic E-state index is 13.4. The van der Waals surface area contributed by atoms with Crippen LogP contribution in [0.4, 0.5) is 0 Å². The van der Waals surface area contributed by atoms with Crippen LogP contribution in [0, 0.1) is 0 Å².